The van der Waals surface area contributed by atoms with E-state index in [1.165, 1.54) is 10.9 Å². The number of fused-ring (bicyclic) bond motifs is 1. The van der Waals surface area contributed by atoms with Crippen molar-refractivity contribution < 1.29 is 4.79 Å². The molecule has 3 rings (SSSR count). The summed E-state index contributed by atoms with van der Waals surface area (Å²) in [5.74, 6) is -0.0388. The summed E-state index contributed by atoms with van der Waals surface area (Å²) in [6, 6.07) is 24.3. The van der Waals surface area contributed by atoms with E-state index >= 15 is 0 Å². The van der Waals surface area contributed by atoms with E-state index in [4.69, 9.17) is 0 Å². The minimum absolute atomic E-state index is 0.0388. The third kappa shape index (κ3) is 3.96. The van der Waals surface area contributed by atoms with Gasteiger partial charge in [-0.25, -0.2) is 0 Å². The molecule has 2 N–H and O–H groups in total. The molecule has 3 heteroatoms. The molecule has 1 atom stereocenters. The van der Waals surface area contributed by atoms with Crippen LogP contribution in [0.5, 0.6) is 0 Å². The Balaban J connectivity index is 1.58. The molecule has 0 fully saturated rings. The molecule has 0 aliphatic rings. The molecule has 0 unspecified atom stereocenters. The van der Waals surface area contributed by atoms with E-state index in [-0.39, 0.29) is 18.5 Å². The lowest BCUT2D eigenvalue weighted by atomic mass is 10.1. The number of carbonyl (C=O) groups is 1. The SMILES string of the molecule is C[C@H](NCC(=O)Nc1ccc2ccccc2c1)c1ccccc1. The lowest BCUT2D eigenvalue weighted by molar-refractivity contribution is -0.115. The lowest BCUT2D eigenvalue weighted by Gasteiger charge is -2.14. The van der Waals surface area contributed by atoms with Gasteiger partial charge in [0, 0.05) is 11.7 Å². The molecule has 0 aromatic heterocycles. The molecule has 3 nitrogen and oxygen atoms in total. The monoisotopic (exact) mass is 304 g/mol. The van der Waals surface area contributed by atoms with Crippen molar-refractivity contribution in [2.45, 2.75) is 13.0 Å². The summed E-state index contributed by atoms with van der Waals surface area (Å²) >= 11 is 0. The van der Waals surface area contributed by atoms with E-state index in [1.807, 2.05) is 54.6 Å². The third-order valence-corrected chi connectivity index (χ3v) is 3.90. The van der Waals surface area contributed by atoms with Crippen LogP contribution in [0.25, 0.3) is 10.8 Å². The van der Waals surface area contributed by atoms with Gasteiger partial charge in [0.05, 0.1) is 6.54 Å². The van der Waals surface area contributed by atoms with Crippen molar-refractivity contribution in [3.05, 3.63) is 78.4 Å². The van der Waals surface area contributed by atoms with Crippen LogP contribution in [0.4, 0.5) is 5.69 Å². The Hall–Kier alpha value is -2.65. The number of rotatable bonds is 5. The molecule has 0 spiro atoms. The number of anilines is 1. The Labute approximate surface area is 136 Å². The van der Waals surface area contributed by atoms with Crippen LogP contribution in [-0.4, -0.2) is 12.5 Å². The summed E-state index contributed by atoms with van der Waals surface area (Å²) in [6.45, 7) is 2.33. The first-order valence-electron chi connectivity index (χ1n) is 7.79. The maximum absolute atomic E-state index is 12.1. The summed E-state index contributed by atoms with van der Waals surface area (Å²) in [7, 11) is 0. The van der Waals surface area contributed by atoms with Crippen LogP contribution >= 0.6 is 0 Å². The highest BCUT2D eigenvalue weighted by molar-refractivity contribution is 5.95. The van der Waals surface area contributed by atoms with Crippen molar-refractivity contribution in [2.75, 3.05) is 11.9 Å². The van der Waals surface area contributed by atoms with Gasteiger partial charge < -0.3 is 10.6 Å². The Morgan fingerprint density at radius 2 is 1.61 bits per heavy atom. The molecule has 0 aliphatic heterocycles. The second-order valence-electron chi connectivity index (χ2n) is 5.62. The van der Waals surface area contributed by atoms with Crippen molar-refractivity contribution in [3.8, 4) is 0 Å². The normalized spacial score (nSPS) is 12.0. The van der Waals surface area contributed by atoms with Gasteiger partial charge in [-0.05, 0) is 35.4 Å². The molecule has 0 radical (unpaired) electrons. The summed E-state index contributed by atoms with van der Waals surface area (Å²) in [5.41, 5.74) is 1.99. The van der Waals surface area contributed by atoms with E-state index in [1.54, 1.807) is 0 Å². The van der Waals surface area contributed by atoms with E-state index < -0.39 is 0 Å². The van der Waals surface area contributed by atoms with Gasteiger partial charge in [0.25, 0.3) is 0 Å². The molecule has 23 heavy (non-hydrogen) atoms. The molecule has 3 aromatic carbocycles. The van der Waals surface area contributed by atoms with Gasteiger partial charge in [0.2, 0.25) is 5.91 Å². The number of amides is 1. The topological polar surface area (TPSA) is 41.1 Å². The fraction of sp³-hybridized carbons (Fsp3) is 0.150. The number of nitrogens with one attached hydrogen (secondary N) is 2. The zero-order valence-corrected chi connectivity index (χ0v) is 13.1. The van der Waals surface area contributed by atoms with Gasteiger partial charge in [-0.15, -0.1) is 0 Å². The van der Waals surface area contributed by atoms with E-state index in [0.29, 0.717) is 0 Å². The third-order valence-electron chi connectivity index (χ3n) is 3.90. The molecular formula is C20H20N2O. The van der Waals surface area contributed by atoms with Gasteiger partial charge in [0.15, 0.2) is 0 Å². The van der Waals surface area contributed by atoms with Gasteiger partial charge in [-0.3, -0.25) is 4.79 Å². The van der Waals surface area contributed by atoms with Crippen LogP contribution < -0.4 is 10.6 Å². The number of hydrogen-bond acceptors (Lipinski definition) is 2. The quantitative estimate of drug-likeness (QED) is 0.744. The van der Waals surface area contributed by atoms with Gasteiger partial charge >= 0.3 is 0 Å². The van der Waals surface area contributed by atoms with Crippen LogP contribution in [0.3, 0.4) is 0 Å². The molecule has 0 heterocycles. The minimum Gasteiger partial charge on any atom is -0.325 e. The first kappa shape index (κ1) is 15.3. The summed E-state index contributed by atoms with van der Waals surface area (Å²) in [5, 5.41) is 8.47. The number of benzene rings is 3. The highest BCUT2D eigenvalue weighted by Gasteiger charge is 2.07. The second-order valence-corrected chi connectivity index (χ2v) is 5.62. The van der Waals surface area contributed by atoms with Crippen molar-refractivity contribution in [2.24, 2.45) is 0 Å². The minimum atomic E-state index is -0.0388. The average Bonchev–Trinajstić information content (AvgIpc) is 2.60. The van der Waals surface area contributed by atoms with Crippen LogP contribution in [0.1, 0.15) is 18.5 Å². The maximum atomic E-state index is 12.1. The standard InChI is InChI=1S/C20H20N2O/c1-15(16-7-3-2-4-8-16)21-14-20(23)22-19-12-11-17-9-5-6-10-18(17)13-19/h2-13,15,21H,14H2,1H3,(H,22,23)/t15-/m0/s1. The van der Waals surface area contributed by atoms with Gasteiger partial charge in [-0.1, -0.05) is 60.7 Å². The molecule has 1 amide bonds. The van der Waals surface area contributed by atoms with Gasteiger partial charge in [0.1, 0.15) is 0 Å². The molecular weight excluding hydrogens is 284 g/mol. The van der Waals surface area contributed by atoms with E-state index in [9.17, 15) is 4.79 Å². The van der Waals surface area contributed by atoms with Crippen molar-refractivity contribution in [3.63, 3.8) is 0 Å². The highest BCUT2D eigenvalue weighted by atomic mass is 16.1. The maximum Gasteiger partial charge on any atom is 0.238 e. The van der Waals surface area contributed by atoms with Crippen molar-refractivity contribution in [1.82, 2.24) is 5.32 Å². The van der Waals surface area contributed by atoms with E-state index in [2.05, 4.69) is 35.8 Å². The highest BCUT2D eigenvalue weighted by Crippen LogP contribution is 2.18. The first-order chi connectivity index (χ1) is 11.2. The van der Waals surface area contributed by atoms with Crippen LogP contribution in [0, 0.1) is 0 Å². The molecule has 0 bridgehead atoms. The smallest absolute Gasteiger partial charge is 0.238 e. The predicted molar refractivity (Wildman–Crippen MR) is 95.4 cm³/mol. The zero-order chi connectivity index (χ0) is 16.1. The van der Waals surface area contributed by atoms with Crippen LogP contribution in [-0.2, 0) is 4.79 Å². The van der Waals surface area contributed by atoms with Crippen molar-refractivity contribution in [1.29, 1.82) is 0 Å². The molecule has 116 valence electrons. The van der Waals surface area contributed by atoms with Gasteiger partial charge in [-0.2, -0.15) is 0 Å². The predicted octanol–water partition coefficient (Wildman–Crippen LogP) is 4.13. The van der Waals surface area contributed by atoms with Crippen LogP contribution in [0.15, 0.2) is 72.8 Å². The summed E-state index contributed by atoms with van der Waals surface area (Å²) in [6.07, 6.45) is 0. The largest absolute Gasteiger partial charge is 0.325 e. The van der Waals surface area contributed by atoms with Crippen molar-refractivity contribution >= 4 is 22.4 Å². The zero-order valence-electron chi connectivity index (χ0n) is 13.1. The Morgan fingerprint density at radius 1 is 0.913 bits per heavy atom. The average molecular weight is 304 g/mol. The molecule has 0 saturated carbocycles. The second kappa shape index (κ2) is 7.07. The fourth-order valence-electron chi connectivity index (χ4n) is 2.58. The molecule has 3 aromatic rings. The van der Waals surface area contributed by atoms with E-state index in [0.717, 1.165) is 11.1 Å². The molecule has 0 saturated heterocycles. The Bertz CT molecular complexity index is 799. The Morgan fingerprint density at radius 3 is 2.39 bits per heavy atom. The summed E-state index contributed by atoms with van der Waals surface area (Å²) < 4.78 is 0. The lowest BCUT2D eigenvalue weighted by Crippen LogP contribution is -2.30. The fourth-order valence-corrected chi connectivity index (χ4v) is 2.58. The number of hydrogen-bond donors (Lipinski definition) is 2. The summed E-state index contributed by atoms with van der Waals surface area (Å²) in [4.78, 5) is 12.1. The Kier molecular flexibility index (Phi) is 4.69. The first-order valence-corrected chi connectivity index (χ1v) is 7.79. The van der Waals surface area contributed by atoms with Crippen LogP contribution in [0.2, 0.25) is 0 Å². The molecule has 0 aliphatic carbocycles. The number of carbonyl (C=O) groups excluding carboxylic acids is 1.